The van der Waals surface area contributed by atoms with Crippen molar-refractivity contribution >= 4 is 11.2 Å². The van der Waals surface area contributed by atoms with E-state index in [1.54, 1.807) is 23.8 Å². The van der Waals surface area contributed by atoms with E-state index >= 15 is 0 Å². The SMILES string of the molecule is CCCn1c(OC)nc2nc(C34CC5CC(CC(NCc6cccc(F)c6)(C5)C3)C4)[nH]c2c1=O. The Bertz CT molecular complexity index is 1280. The molecule has 4 fully saturated rings. The first-order chi connectivity index (χ1) is 16.4. The van der Waals surface area contributed by atoms with Gasteiger partial charge in [0, 0.05) is 24.0 Å². The minimum absolute atomic E-state index is 0.0168. The first-order valence-electron chi connectivity index (χ1n) is 12.5. The summed E-state index contributed by atoms with van der Waals surface area (Å²) in [5, 5.41) is 3.84. The number of H-pyrrole nitrogens is 1. The number of rotatable bonds is 7. The summed E-state index contributed by atoms with van der Waals surface area (Å²) in [4.78, 5) is 26.1. The van der Waals surface area contributed by atoms with Crippen molar-refractivity contribution in [3.05, 3.63) is 51.8 Å². The number of methoxy groups -OCH3 is 1. The summed E-state index contributed by atoms with van der Waals surface area (Å²) in [6.07, 6.45) is 7.53. The van der Waals surface area contributed by atoms with Crippen molar-refractivity contribution in [1.82, 2.24) is 24.8 Å². The van der Waals surface area contributed by atoms with Crippen LogP contribution in [0, 0.1) is 17.7 Å². The summed E-state index contributed by atoms with van der Waals surface area (Å²) >= 11 is 0. The molecule has 1 aromatic carbocycles. The number of aromatic amines is 1. The van der Waals surface area contributed by atoms with E-state index in [1.807, 2.05) is 13.0 Å². The van der Waals surface area contributed by atoms with Crippen molar-refractivity contribution < 1.29 is 9.13 Å². The molecule has 2 N–H and O–H groups in total. The molecule has 8 heteroatoms. The maximum absolute atomic E-state index is 13.7. The van der Waals surface area contributed by atoms with E-state index < -0.39 is 0 Å². The molecule has 2 unspecified atom stereocenters. The van der Waals surface area contributed by atoms with Gasteiger partial charge in [0.05, 0.1) is 7.11 Å². The number of benzene rings is 1. The number of aromatic nitrogens is 4. The fourth-order valence-corrected chi connectivity index (χ4v) is 7.48. The van der Waals surface area contributed by atoms with Gasteiger partial charge in [-0.25, -0.2) is 9.37 Å². The predicted molar refractivity (Wildman–Crippen MR) is 127 cm³/mol. The molecule has 0 aliphatic heterocycles. The first-order valence-corrected chi connectivity index (χ1v) is 12.5. The van der Waals surface area contributed by atoms with Crippen LogP contribution in [0.15, 0.2) is 29.1 Å². The fraction of sp³-hybridized carbons (Fsp3) is 0.577. The topological polar surface area (TPSA) is 84.8 Å². The molecule has 4 bridgehead atoms. The van der Waals surface area contributed by atoms with Crippen molar-refractivity contribution in [3.8, 4) is 6.01 Å². The second-order valence-electron chi connectivity index (χ2n) is 10.8. The van der Waals surface area contributed by atoms with Gasteiger partial charge in [0.1, 0.15) is 11.6 Å². The van der Waals surface area contributed by atoms with Crippen LogP contribution in [0.1, 0.15) is 63.3 Å². The average Bonchev–Trinajstić information content (AvgIpc) is 3.24. The Morgan fingerprint density at radius 1 is 1.24 bits per heavy atom. The zero-order valence-electron chi connectivity index (χ0n) is 19.9. The summed E-state index contributed by atoms with van der Waals surface area (Å²) in [5.74, 6) is 1.97. The molecule has 0 spiro atoms. The van der Waals surface area contributed by atoms with Crippen molar-refractivity contribution in [1.29, 1.82) is 0 Å². The molecule has 4 aliphatic carbocycles. The molecule has 7 rings (SSSR count). The van der Waals surface area contributed by atoms with Gasteiger partial charge in [0.25, 0.3) is 5.56 Å². The maximum Gasteiger partial charge on any atom is 0.301 e. The molecule has 7 nitrogen and oxygen atoms in total. The molecule has 180 valence electrons. The van der Waals surface area contributed by atoms with Crippen molar-refractivity contribution in [2.24, 2.45) is 11.8 Å². The molecular formula is C26H32FN5O2. The van der Waals surface area contributed by atoms with Gasteiger partial charge in [-0.1, -0.05) is 19.1 Å². The van der Waals surface area contributed by atoms with Gasteiger partial charge in [-0.05, 0) is 74.5 Å². The third-order valence-electron chi connectivity index (χ3n) is 8.33. The average molecular weight is 466 g/mol. The lowest BCUT2D eigenvalue weighted by Crippen LogP contribution is -2.63. The molecule has 0 saturated heterocycles. The zero-order chi connectivity index (χ0) is 23.5. The highest BCUT2D eigenvalue weighted by molar-refractivity contribution is 5.70. The number of hydrogen-bond donors (Lipinski definition) is 2. The number of nitrogens with zero attached hydrogens (tertiary/aromatic N) is 3. The van der Waals surface area contributed by atoms with Crippen LogP contribution in [0.25, 0.3) is 11.2 Å². The molecule has 2 heterocycles. The minimum atomic E-state index is -0.194. The Hall–Kier alpha value is -2.74. The van der Waals surface area contributed by atoms with E-state index in [0.717, 1.165) is 49.9 Å². The smallest absolute Gasteiger partial charge is 0.301 e. The molecule has 4 aliphatic rings. The van der Waals surface area contributed by atoms with Crippen LogP contribution in [-0.2, 0) is 18.5 Å². The summed E-state index contributed by atoms with van der Waals surface area (Å²) in [5.41, 5.74) is 1.70. The number of imidazole rings is 1. The van der Waals surface area contributed by atoms with Crippen molar-refractivity contribution in [2.45, 2.75) is 75.9 Å². The Labute approximate surface area is 198 Å². The van der Waals surface area contributed by atoms with Crippen LogP contribution in [0.3, 0.4) is 0 Å². The van der Waals surface area contributed by atoms with Gasteiger partial charge >= 0.3 is 6.01 Å². The highest BCUT2D eigenvalue weighted by atomic mass is 19.1. The molecular weight excluding hydrogens is 433 g/mol. The normalized spacial score (nSPS) is 29.7. The Morgan fingerprint density at radius 2 is 2.03 bits per heavy atom. The predicted octanol–water partition coefficient (Wildman–Crippen LogP) is 4.06. The van der Waals surface area contributed by atoms with E-state index in [0.29, 0.717) is 42.1 Å². The fourth-order valence-electron chi connectivity index (χ4n) is 7.48. The highest BCUT2D eigenvalue weighted by Crippen LogP contribution is 2.61. The lowest BCUT2D eigenvalue weighted by Gasteiger charge is -2.61. The third kappa shape index (κ3) is 3.45. The molecule has 0 radical (unpaired) electrons. The van der Waals surface area contributed by atoms with E-state index in [9.17, 15) is 9.18 Å². The van der Waals surface area contributed by atoms with E-state index in [1.165, 1.54) is 12.5 Å². The summed E-state index contributed by atoms with van der Waals surface area (Å²) in [6.45, 7) is 3.25. The Morgan fingerprint density at radius 3 is 2.74 bits per heavy atom. The van der Waals surface area contributed by atoms with Gasteiger partial charge in [-0.3, -0.25) is 9.36 Å². The number of ether oxygens (including phenoxy) is 1. The van der Waals surface area contributed by atoms with Crippen LogP contribution >= 0.6 is 0 Å². The Kier molecular flexibility index (Phi) is 5.06. The number of nitrogens with one attached hydrogen (secondary N) is 2. The second kappa shape index (κ2) is 7.90. The molecule has 4 saturated carbocycles. The van der Waals surface area contributed by atoms with Crippen LogP contribution in [-0.4, -0.2) is 32.2 Å². The molecule has 34 heavy (non-hydrogen) atoms. The first kappa shape index (κ1) is 21.8. The number of fused-ring (bicyclic) bond motifs is 1. The van der Waals surface area contributed by atoms with Crippen LogP contribution in [0.4, 0.5) is 4.39 Å². The molecule has 3 aromatic rings. The molecule has 0 amide bonds. The maximum atomic E-state index is 13.7. The van der Waals surface area contributed by atoms with Crippen molar-refractivity contribution in [2.75, 3.05) is 7.11 Å². The minimum Gasteiger partial charge on any atom is -0.468 e. The standard InChI is InChI=1S/C26H32FN5O2/c1-3-7-32-22(33)20-21(31-24(32)34-2)30-23(29-20)25-10-17-8-18(11-25)13-26(12-17,15-25)28-14-16-5-4-6-19(27)9-16/h4-6,9,17-18,28H,3,7-8,10-15H2,1-2H3,(H,29,30). The van der Waals surface area contributed by atoms with Gasteiger partial charge in [0.15, 0.2) is 11.2 Å². The molecule has 2 aromatic heterocycles. The quantitative estimate of drug-likeness (QED) is 0.550. The third-order valence-corrected chi connectivity index (χ3v) is 8.33. The molecule has 2 atom stereocenters. The summed E-state index contributed by atoms with van der Waals surface area (Å²) < 4.78 is 20.7. The van der Waals surface area contributed by atoms with Crippen LogP contribution in [0.2, 0.25) is 0 Å². The lowest BCUT2D eigenvalue weighted by atomic mass is 9.46. The lowest BCUT2D eigenvalue weighted by molar-refractivity contribution is -0.0446. The van der Waals surface area contributed by atoms with Gasteiger partial charge < -0.3 is 15.0 Å². The second-order valence-corrected chi connectivity index (χ2v) is 10.8. The summed E-state index contributed by atoms with van der Waals surface area (Å²) in [6, 6.07) is 7.17. The van der Waals surface area contributed by atoms with E-state index in [-0.39, 0.29) is 22.3 Å². The summed E-state index contributed by atoms with van der Waals surface area (Å²) in [7, 11) is 1.54. The monoisotopic (exact) mass is 465 g/mol. The number of hydrogen-bond acceptors (Lipinski definition) is 5. The largest absolute Gasteiger partial charge is 0.468 e. The van der Waals surface area contributed by atoms with Gasteiger partial charge in [-0.15, -0.1) is 0 Å². The van der Waals surface area contributed by atoms with Crippen LogP contribution < -0.4 is 15.6 Å². The van der Waals surface area contributed by atoms with Gasteiger partial charge in [0.2, 0.25) is 0 Å². The van der Waals surface area contributed by atoms with E-state index in [4.69, 9.17) is 9.72 Å². The number of halogens is 1. The van der Waals surface area contributed by atoms with Crippen molar-refractivity contribution in [3.63, 3.8) is 0 Å². The van der Waals surface area contributed by atoms with Gasteiger partial charge in [-0.2, -0.15) is 4.98 Å². The van der Waals surface area contributed by atoms with Crippen LogP contribution in [0.5, 0.6) is 6.01 Å². The highest BCUT2D eigenvalue weighted by Gasteiger charge is 2.59. The Balaban J connectivity index is 1.35. The zero-order valence-corrected chi connectivity index (χ0v) is 19.9. The van der Waals surface area contributed by atoms with E-state index in [2.05, 4.69) is 15.3 Å².